The SMILES string of the molecule is [2H]C(C(=O)O)C([2H])[C@H](N)C(=O)O. The molecule has 0 rings (SSSR count). The Kier molecular flexibility index (Phi) is 2.17. The van der Waals surface area contributed by atoms with Crippen LogP contribution in [0.3, 0.4) is 0 Å². The second-order valence-corrected chi connectivity index (χ2v) is 1.56. The van der Waals surface area contributed by atoms with Crippen molar-refractivity contribution in [2.24, 2.45) is 5.73 Å². The van der Waals surface area contributed by atoms with Crippen LogP contribution in [-0.4, -0.2) is 28.2 Å². The molecule has 0 saturated carbocycles. The summed E-state index contributed by atoms with van der Waals surface area (Å²) >= 11 is 0. The monoisotopic (exact) mass is 149 g/mol. The van der Waals surface area contributed by atoms with E-state index in [1.165, 1.54) is 0 Å². The Labute approximate surface area is 60.3 Å². The molecule has 0 aromatic carbocycles. The molecular weight excluding hydrogens is 138 g/mol. The lowest BCUT2D eigenvalue weighted by Crippen LogP contribution is -2.30. The van der Waals surface area contributed by atoms with Crippen LogP contribution in [0.2, 0.25) is 0 Å². The molecule has 0 amide bonds. The maximum Gasteiger partial charge on any atom is 0.320 e. The van der Waals surface area contributed by atoms with Crippen LogP contribution in [0.25, 0.3) is 0 Å². The average molecular weight is 149 g/mol. The van der Waals surface area contributed by atoms with Crippen LogP contribution in [-0.2, 0) is 9.59 Å². The molecule has 0 bridgehead atoms. The van der Waals surface area contributed by atoms with Crippen LogP contribution in [0, 0.1) is 0 Å². The molecule has 0 radical (unpaired) electrons. The highest BCUT2D eigenvalue weighted by atomic mass is 16.4. The fourth-order valence-corrected chi connectivity index (χ4v) is 0.268. The van der Waals surface area contributed by atoms with Gasteiger partial charge in [-0.3, -0.25) is 9.59 Å². The topological polar surface area (TPSA) is 101 Å². The first-order chi connectivity index (χ1) is 5.37. The molecule has 0 aliphatic heterocycles. The first kappa shape index (κ1) is 5.67. The maximum absolute atomic E-state index is 10.1. The van der Waals surface area contributed by atoms with Gasteiger partial charge in [-0.2, -0.15) is 0 Å². The van der Waals surface area contributed by atoms with Crippen molar-refractivity contribution in [2.45, 2.75) is 18.8 Å². The van der Waals surface area contributed by atoms with Crippen LogP contribution in [0.5, 0.6) is 0 Å². The largest absolute Gasteiger partial charge is 0.481 e. The minimum atomic E-state index is -1.82. The van der Waals surface area contributed by atoms with E-state index in [2.05, 4.69) is 0 Å². The highest BCUT2D eigenvalue weighted by molar-refractivity contribution is 5.74. The van der Waals surface area contributed by atoms with Crippen molar-refractivity contribution in [1.29, 1.82) is 0 Å². The van der Waals surface area contributed by atoms with E-state index in [0.29, 0.717) is 0 Å². The summed E-state index contributed by atoms with van der Waals surface area (Å²) < 4.78 is 13.8. The third-order valence-corrected chi connectivity index (χ3v) is 0.731. The summed E-state index contributed by atoms with van der Waals surface area (Å²) in [4.78, 5) is 20.3. The molecule has 58 valence electrons. The molecule has 0 heterocycles. The summed E-state index contributed by atoms with van der Waals surface area (Å²) in [6.45, 7) is 0. The number of nitrogens with two attached hydrogens (primary N) is 1. The second-order valence-electron chi connectivity index (χ2n) is 1.56. The Hall–Kier alpha value is -1.10. The summed E-state index contributed by atoms with van der Waals surface area (Å²) in [5.74, 6) is -3.03. The van der Waals surface area contributed by atoms with E-state index >= 15 is 0 Å². The van der Waals surface area contributed by atoms with Gasteiger partial charge in [0.1, 0.15) is 6.04 Å². The van der Waals surface area contributed by atoms with E-state index in [4.69, 9.17) is 18.7 Å². The molecule has 0 fully saturated rings. The Bertz CT molecular complexity index is 178. The van der Waals surface area contributed by atoms with Crippen molar-refractivity contribution in [1.82, 2.24) is 0 Å². The van der Waals surface area contributed by atoms with E-state index in [1.54, 1.807) is 0 Å². The molecule has 0 aliphatic rings. The standard InChI is InChI=1S/C5H9NO4/c6-3(5(9)10)1-2-4(7)8/h3H,1-2,6H2,(H,7,8)(H,9,10)/t3-/m0/s1/i1D,2D/t1?,2?,3-. The number of rotatable bonds is 4. The molecule has 5 nitrogen and oxygen atoms in total. The molecule has 2 unspecified atom stereocenters. The van der Waals surface area contributed by atoms with Gasteiger partial charge in [-0.15, -0.1) is 0 Å². The Morgan fingerprint density at radius 2 is 2.10 bits per heavy atom. The van der Waals surface area contributed by atoms with Gasteiger partial charge in [0.05, 0.1) is 0 Å². The molecular formula is C5H9NO4. The predicted molar refractivity (Wildman–Crippen MR) is 32.5 cm³/mol. The van der Waals surface area contributed by atoms with Gasteiger partial charge in [0.2, 0.25) is 0 Å². The molecule has 0 spiro atoms. The minimum Gasteiger partial charge on any atom is -0.481 e. The Morgan fingerprint density at radius 3 is 2.40 bits per heavy atom. The first-order valence-electron chi connectivity index (χ1n) is 3.59. The summed E-state index contributed by atoms with van der Waals surface area (Å²) in [7, 11) is 0. The predicted octanol–water partition coefficient (Wildman–Crippen LogP) is -0.737. The van der Waals surface area contributed by atoms with Crippen molar-refractivity contribution in [3.05, 3.63) is 0 Å². The van der Waals surface area contributed by atoms with Crippen LogP contribution in [0.15, 0.2) is 0 Å². The fraction of sp³-hybridized carbons (Fsp3) is 0.600. The first-order valence-corrected chi connectivity index (χ1v) is 2.43. The lowest BCUT2D eigenvalue weighted by Gasteiger charge is -2.01. The minimum absolute atomic E-state index is 1.48. The van der Waals surface area contributed by atoms with Gasteiger partial charge >= 0.3 is 11.9 Å². The van der Waals surface area contributed by atoms with Crippen LogP contribution >= 0.6 is 0 Å². The van der Waals surface area contributed by atoms with Crippen LogP contribution in [0.4, 0.5) is 0 Å². The fourth-order valence-electron chi connectivity index (χ4n) is 0.268. The van der Waals surface area contributed by atoms with Crippen LogP contribution in [0.1, 0.15) is 15.5 Å². The lowest BCUT2D eigenvalue weighted by atomic mass is 10.2. The number of carboxylic acid groups (broad SMARTS) is 2. The van der Waals surface area contributed by atoms with Gasteiger partial charge in [0.25, 0.3) is 0 Å². The normalized spacial score (nSPS) is 21.7. The van der Waals surface area contributed by atoms with Crippen molar-refractivity contribution < 1.29 is 22.5 Å². The zero-order valence-corrected chi connectivity index (χ0v) is 5.02. The van der Waals surface area contributed by atoms with Crippen LogP contribution < -0.4 is 5.73 Å². The molecule has 5 heteroatoms. The van der Waals surface area contributed by atoms with Gasteiger partial charge in [0.15, 0.2) is 0 Å². The smallest absolute Gasteiger partial charge is 0.320 e. The Morgan fingerprint density at radius 1 is 1.60 bits per heavy atom. The van der Waals surface area contributed by atoms with E-state index in [-0.39, 0.29) is 0 Å². The molecule has 4 N–H and O–H groups in total. The summed E-state index contributed by atoms with van der Waals surface area (Å²) in [6, 6.07) is -1.64. The van der Waals surface area contributed by atoms with Gasteiger partial charge in [-0.1, -0.05) is 0 Å². The number of hydrogen-bond donors (Lipinski definition) is 3. The van der Waals surface area contributed by atoms with Gasteiger partial charge in [-0.25, -0.2) is 0 Å². The molecule has 0 aromatic heterocycles. The second kappa shape index (κ2) is 3.84. The van der Waals surface area contributed by atoms with E-state index < -0.39 is 30.8 Å². The number of hydrogen-bond acceptors (Lipinski definition) is 3. The highest BCUT2D eigenvalue weighted by Crippen LogP contribution is 1.93. The summed E-state index contributed by atoms with van der Waals surface area (Å²) in [6.07, 6.45) is -3.48. The Balaban J connectivity index is 4.28. The third kappa shape index (κ3) is 3.85. The van der Waals surface area contributed by atoms with Crippen molar-refractivity contribution in [3.8, 4) is 0 Å². The number of aliphatic carboxylic acids is 2. The van der Waals surface area contributed by atoms with Crippen molar-refractivity contribution >= 4 is 11.9 Å². The maximum atomic E-state index is 10.1. The molecule has 10 heavy (non-hydrogen) atoms. The quantitative estimate of drug-likeness (QED) is 0.489. The van der Waals surface area contributed by atoms with E-state index in [1.807, 2.05) is 0 Å². The van der Waals surface area contributed by atoms with Crippen molar-refractivity contribution in [3.63, 3.8) is 0 Å². The van der Waals surface area contributed by atoms with Gasteiger partial charge < -0.3 is 15.9 Å². The third-order valence-electron chi connectivity index (χ3n) is 0.731. The summed E-state index contributed by atoms with van der Waals surface area (Å²) in [5, 5.41) is 16.5. The molecule has 0 saturated heterocycles. The highest BCUT2D eigenvalue weighted by Gasteiger charge is 2.12. The molecule has 0 aromatic rings. The summed E-state index contributed by atoms with van der Waals surface area (Å²) in [5.41, 5.74) is 4.93. The number of carbonyl (C=O) groups is 2. The molecule has 0 aliphatic carbocycles. The average Bonchev–Trinajstić information content (AvgIpc) is 2.00. The molecule has 3 atom stereocenters. The lowest BCUT2D eigenvalue weighted by molar-refractivity contribution is -0.139. The zero-order chi connectivity index (χ0) is 9.89. The van der Waals surface area contributed by atoms with Gasteiger partial charge in [0, 0.05) is 9.14 Å². The van der Waals surface area contributed by atoms with E-state index in [0.717, 1.165) is 0 Å². The van der Waals surface area contributed by atoms with Gasteiger partial charge in [-0.05, 0) is 6.40 Å². The number of carboxylic acids is 2. The van der Waals surface area contributed by atoms with Crippen molar-refractivity contribution in [2.75, 3.05) is 0 Å². The van der Waals surface area contributed by atoms with E-state index in [9.17, 15) is 9.59 Å². The zero-order valence-electron chi connectivity index (χ0n) is 7.02.